The van der Waals surface area contributed by atoms with Gasteiger partial charge in [-0.3, -0.25) is 9.69 Å². The lowest BCUT2D eigenvalue weighted by atomic mass is 9.90. The zero-order valence-electron chi connectivity index (χ0n) is 21.7. The molecule has 1 aliphatic carbocycles. The Hall–Kier alpha value is -2.78. The van der Waals surface area contributed by atoms with E-state index < -0.39 is 0 Å². The van der Waals surface area contributed by atoms with Crippen molar-refractivity contribution in [1.29, 1.82) is 0 Å². The molecule has 9 heteroatoms. The number of fused-ring (bicyclic) bond motifs is 1. The first-order chi connectivity index (χ1) is 17.5. The van der Waals surface area contributed by atoms with Crippen LogP contribution in [0.4, 0.5) is 0 Å². The minimum atomic E-state index is -0.0574. The largest absolute Gasteiger partial charge is 0.497 e. The zero-order valence-corrected chi connectivity index (χ0v) is 21.7. The second-order valence-electron chi connectivity index (χ2n) is 10.6. The van der Waals surface area contributed by atoms with Crippen LogP contribution in [0.5, 0.6) is 5.75 Å². The summed E-state index contributed by atoms with van der Waals surface area (Å²) >= 11 is 0. The predicted molar refractivity (Wildman–Crippen MR) is 138 cm³/mol. The Bertz CT molecular complexity index is 1210. The highest BCUT2D eigenvalue weighted by atomic mass is 16.5. The fraction of sp³-hybridized carbons (Fsp3) is 0.630. The fourth-order valence-corrected chi connectivity index (χ4v) is 5.90. The standard InChI is InChI=1S/C27H38N6O3/c1-18(2)25(26-29-30-31-33(26)17-23-10-7-13-36-23)32(21-8-5-4-6-9-21)16-20-14-19-11-12-22(35-3)15-24(19)28-27(20)34/h11-12,14-15,18,21,23,25H,4-10,13,16-17H2,1-3H3,(H,28,34)/t23-,25-/m1/s1. The van der Waals surface area contributed by atoms with Gasteiger partial charge in [-0.2, -0.15) is 0 Å². The number of hydrogen-bond donors (Lipinski definition) is 1. The van der Waals surface area contributed by atoms with E-state index in [1.165, 1.54) is 19.3 Å². The van der Waals surface area contributed by atoms with Crippen molar-refractivity contribution >= 4 is 10.9 Å². The molecule has 1 aromatic carbocycles. The smallest absolute Gasteiger partial charge is 0.252 e. The molecule has 1 aliphatic heterocycles. The van der Waals surface area contributed by atoms with E-state index in [0.717, 1.165) is 60.3 Å². The second kappa shape index (κ2) is 11.1. The number of nitrogens with one attached hydrogen (secondary N) is 1. The number of aromatic amines is 1. The summed E-state index contributed by atoms with van der Waals surface area (Å²) in [7, 11) is 1.63. The molecule has 0 unspecified atom stereocenters. The third kappa shape index (κ3) is 5.32. The van der Waals surface area contributed by atoms with Gasteiger partial charge >= 0.3 is 0 Å². The van der Waals surface area contributed by atoms with Gasteiger partial charge in [-0.15, -0.1) is 5.10 Å². The maximum absolute atomic E-state index is 13.2. The molecule has 2 atom stereocenters. The Morgan fingerprint density at radius 2 is 2.00 bits per heavy atom. The number of tetrazole rings is 1. The monoisotopic (exact) mass is 494 g/mol. The molecule has 0 bridgehead atoms. The molecule has 36 heavy (non-hydrogen) atoms. The van der Waals surface area contributed by atoms with E-state index in [0.29, 0.717) is 19.1 Å². The first kappa shape index (κ1) is 24.9. The highest BCUT2D eigenvalue weighted by molar-refractivity contribution is 5.80. The number of H-pyrrole nitrogens is 1. The van der Waals surface area contributed by atoms with Crippen molar-refractivity contribution in [1.82, 2.24) is 30.1 Å². The van der Waals surface area contributed by atoms with Crippen LogP contribution in [0, 0.1) is 5.92 Å². The van der Waals surface area contributed by atoms with Crippen molar-refractivity contribution in [3.63, 3.8) is 0 Å². The van der Waals surface area contributed by atoms with E-state index >= 15 is 0 Å². The molecule has 1 saturated heterocycles. The number of hydrogen-bond acceptors (Lipinski definition) is 7. The lowest BCUT2D eigenvalue weighted by Crippen LogP contribution is -2.43. The minimum absolute atomic E-state index is 0.00420. The van der Waals surface area contributed by atoms with E-state index in [1.54, 1.807) is 7.11 Å². The molecular formula is C27H38N6O3. The quantitative estimate of drug-likeness (QED) is 0.475. The van der Waals surface area contributed by atoms with Crippen LogP contribution in [0.25, 0.3) is 10.9 Å². The number of benzene rings is 1. The average Bonchev–Trinajstić information content (AvgIpc) is 3.57. The summed E-state index contributed by atoms with van der Waals surface area (Å²) in [6, 6.07) is 8.20. The Kier molecular flexibility index (Phi) is 7.67. The van der Waals surface area contributed by atoms with Crippen molar-refractivity contribution in [2.24, 2.45) is 5.92 Å². The Morgan fingerprint density at radius 1 is 1.17 bits per heavy atom. The number of ether oxygens (including phenoxy) is 2. The van der Waals surface area contributed by atoms with Crippen molar-refractivity contribution in [2.75, 3.05) is 13.7 Å². The number of aromatic nitrogens is 5. The normalized spacial score (nSPS) is 20.0. The lowest BCUT2D eigenvalue weighted by molar-refractivity contribution is 0.0553. The molecule has 3 aromatic rings. The van der Waals surface area contributed by atoms with Crippen LogP contribution in [0.3, 0.4) is 0 Å². The Morgan fingerprint density at radius 3 is 2.72 bits per heavy atom. The molecular weight excluding hydrogens is 456 g/mol. The van der Waals surface area contributed by atoms with E-state index in [1.807, 2.05) is 28.9 Å². The average molecular weight is 495 g/mol. The highest BCUT2D eigenvalue weighted by Gasteiger charge is 2.35. The molecule has 194 valence electrons. The molecule has 0 amide bonds. The molecule has 3 heterocycles. The van der Waals surface area contributed by atoms with Gasteiger partial charge in [0.15, 0.2) is 5.82 Å². The van der Waals surface area contributed by atoms with Crippen molar-refractivity contribution in [3.8, 4) is 5.75 Å². The third-order valence-electron chi connectivity index (χ3n) is 7.74. The first-order valence-electron chi connectivity index (χ1n) is 13.4. The number of methoxy groups -OCH3 is 1. The number of rotatable bonds is 9. The summed E-state index contributed by atoms with van der Waals surface area (Å²) in [6.45, 7) is 6.48. The van der Waals surface area contributed by atoms with Gasteiger partial charge in [0.2, 0.25) is 0 Å². The Balaban J connectivity index is 1.50. The summed E-state index contributed by atoms with van der Waals surface area (Å²) in [5.41, 5.74) is 1.49. The summed E-state index contributed by atoms with van der Waals surface area (Å²) < 4.78 is 13.2. The maximum atomic E-state index is 13.2. The second-order valence-corrected chi connectivity index (χ2v) is 10.6. The summed E-state index contributed by atoms with van der Waals surface area (Å²) in [5, 5.41) is 14.0. The Labute approximate surface area is 212 Å². The van der Waals surface area contributed by atoms with Gasteiger partial charge < -0.3 is 14.5 Å². The number of nitrogens with zero attached hydrogens (tertiary/aromatic N) is 5. The van der Waals surface area contributed by atoms with Crippen LogP contribution in [0.2, 0.25) is 0 Å². The van der Waals surface area contributed by atoms with Crippen LogP contribution in [-0.2, 0) is 17.8 Å². The van der Waals surface area contributed by atoms with Gasteiger partial charge in [0.05, 0.1) is 31.3 Å². The zero-order chi connectivity index (χ0) is 25.1. The molecule has 0 radical (unpaired) electrons. The highest BCUT2D eigenvalue weighted by Crippen LogP contribution is 2.35. The van der Waals surface area contributed by atoms with Crippen molar-refractivity contribution in [3.05, 3.63) is 46.0 Å². The summed E-state index contributed by atoms with van der Waals surface area (Å²) in [6.07, 6.45) is 8.21. The van der Waals surface area contributed by atoms with E-state index in [9.17, 15) is 4.79 Å². The van der Waals surface area contributed by atoms with E-state index in [2.05, 4.69) is 39.3 Å². The van der Waals surface area contributed by atoms with Crippen LogP contribution in [0.1, 0.15) is 76.2 Å². The molecule has 1 saturated carbocycles. The van der Waals surface area contributed by atoms with Crippen molar-refractivity contribution in [2.45, 2.75) is 90.1 Å². The maximum Gasteiger partial charge on any atom is 0.252 e. The van der Waals surface area contributed by atoms with Gasteiger partial charge in [0.1, 0.15) is 5.75 Å². The number of pyridine rings is 1. The fourth-order valence-electron chi connectivity index (χ4n) is 5.90. The summed E-state index contributed by atoms with van der Waals surface area (Å²) in [5.74, 6) is 1.87. The van der Waals surface area contributed by atoms with Gasteiger partial charge in [-0.25, -0.2) is 4.68 Å². The van der Waals surface area contributed by atoms with Crippen LogP contribution in [0.15, 0.2) is 29.1 Å². The molecule has 5 rings (SSSR count). The van der Waals surface area contributed by atoms with Crippen LogP contribution >= 0.6 is 0 Å². The van der Waals surface area contributed by atoms with Gasteiger partial charge in [0.25, 0.3) is 5.56 Å². The van der Waals surface area contributed by atoms with Gasteiger partial charge in [0, 0.05) is 30.8 Å². The topological polar surface area (TPSA) is 98.2 Å². The van der Waals surface area contributed by atoms with E-state index in [-0.39, 0.29) is 23.6 Å². The van der Waals surface area contributed by atoms with Crippen LogP contribution < -0.4 is 10.3 Å². The van der Waals surface area contributed by atoms with E-state index in [4.69, 9.17) is 9.47 Å². The molecule has 2 aromatic heterocycles. The molecule has 9 nitrogen and oxygen atoms in total. The van der Waals surface area contributed by atoms with Gasteiger partial charge in [-0.05, 0) is 65.6 Å². The SMILES string of the molecule is COc1ccc2cc(CN(C3CCCCC3)[C@@H](c3nnnn3C[C@H]3CCCO3)C(C)C)c(=O)[nH]c2c1. The van der Waals surface area contributed by atoms with Crippen LogP contribution in [-0.4, -0.2) is 56.0 Å². The molecule has 1 N–H and O–H groups in total. The molecule has 0 spiro atoms. The first-order valence-corrected chi connectivity index (χ1v) is 13.4. The predicted octanol–water partition coefficient (Wildman–Crippen LogP) is 4.23. The molecule has 2 fully saturated rings. The molecule has 2 aliphatic rings. The van der Waals surface area contributed by atoms with Crippen molar-refractivity contribution < 1.29 is 9.47 Å². The van der Waals surface area contributed by atoms with Gasteiger partial charge in [-0.1, -0.05) is 33.1 Å². The minimum Gasteiger partial charge on any atom is -0.497 e. The summed E-state index contributed by atoms with van der Waals surface area (Å²) in [4.78, 5) is 18.8. The third-order valence-corrected chi connectivity index (χ3v) is 7.74. The lowest BCUT2D eigenvalue weighted by Gasteiger charge is -2.41.